The molecule has 3 aromatic rings. The number of rotatable bonds is 4. The second kappa shape index (κ2) is 7.69. The van der Waals surface area contributed by atoms with Gasteiger partial charge in [0.25, 0.3) is 5.89 Å². The van der Waals surface area contributed by atoms with E-state index in [-0.39, 0.29) is 5.02 Å². The Morgan fingerprint density at radius 2 is 1.96 bits per heavy atom. The highest BCUT2D eigenvalue weighted by atomic mass is 35.5. The zero-order valence-electron chi connectivity index (χ0n) is 14.5. The Labute approximate surface area is 167 Å². The average molecular weight is 430 g/mol. The molecule has 0 atom stereocenters. The Kier molecular flexibility index (Phi) is 5.26. The second-order valence-electron chi connectivity index (χ2n) is 6.27. The van der Waals surface area contributed by atoms with Crippen LogP contribution in [0.2, 0.25) is 5.02 Å². The molecule has 0 N–H and O–H groups in total. The molecule has 4 heterocycles. The molecule has 0 aliphatic carbocycles. The van der Waals surface area contributed by atoms with Crippen molar-refractivity contribution in [1.29, 1.82) is 0 Å². The van der Waals surface area contributed by atoms with Crippen LogP contribution in [-0.2, 0) is 12.7 Å². The van der Waals surface area contributed by atoms with Crippen LogP contribution in [0.15, 0.2) is 34.2 Å². The maximum Gasteiger partial charge on any atom is 0.417 e. The van der Waals surface area contributed by atoms with Crippen molar-refractivity contribution in [3.05, 3.63) is 46.3 Å². The molecule has 1 saturated heterocycles. The summed E-state index contributed by atoms with van der Waals surface area (Å²) in [6.07, 6.45) is -3.64. The van der Waals surface area contributed by atoms with Crippen molar-refractivity contribution in [2.45, 2.75) is 12.7 Å². The maximum absolute atomic E-state index is 12.8. The first kappa shape index (κ1) is 19.2. The molecule has 0 aromatic carbocycles. The number of anilines is 1. The lowest BCUT2D eigenvalue weighted by atomic mass is 10.2. The highest BCUT2D eigenvalue weighted by Gasteiger charge is 2.32. The Bertz CT molecular complexity index is 939. The molecule has 1 fully saturated rings. The number of halogens is 4. The van der Waals surface area contributed by atoms with Gasteiger partial charge >= 0.3 is 6.18 Å². The molecular formula is C17H15ClF3N5OS. The quantitative estimate of drug-likeness (QED) is 0.620. The van der Waals surface area contributed by atoms with Crippen LogP contribution in [0.1, 0.15) is 11.5 Å². The summed E-state index contributed by atoms with van der Waals surface area (Å²) in [5, 5.41) is 10.1. The highest BCUT2D eigenvalue weighted by Crippen LogP contribution is 2.33. The molecule has 1 aliphatic rings. The van der Waals surface area contributed by atoms with Crippen LogP contribution in [0.5, 0.6) is 0 Å². The van der Waals surface area contributed by atoms with Gasteiger partial charge in [-0.15, -0.1) is 21.5 Å². The minimum absolute atomic E-state index is 0.000709. The van der Waals surface area contributed by atoms with Crippen molar-refractivity contribution >= 4 is 28.8 Å². The van der Waals surface area contributed by atoms with Crippen molar-refractivity contribution in [2.24, 2.45) is 0 Å². The molecule has 6 nitrogen and oxygen atoms in total. The lowest BCUT2D eigenvalue weighted by Gasteiger charge is -2.35. The van der Waals surface area contributed by atoms with Crippen LogP contribution in [0.3, 0.4) is 0 Å². The summed E-state index contributed by atoms with van der Waals surface area (Å²) in [5.74, 6) is 1.40. The Morgan fingerprint density at radius 1 is 1.18 bits per heavy atom. The van der Waals surface area contributed by atoms with E-state index in [1.165, 1.54) is 11.3 Å². The van der Waals surface area contributed by atoms with Crippen molar-refractivity contribution < 1.29 is 17.6 Å². The third kappa shape index (κ3) is 4.13. The van der Waals surface area contributed by atoms with Gasteiger partial charge in [0.1, 0.15) is 5.82 Å². The molecule has 1 aliphatic heterocycles. The molecule has 11 heteroatoms. The zero-order valence-corrected chi connectivity index (χ0v) is 16.1. The van der Waals surface area contributed by atoms with Gasteiger partial charge in [-0.3, -0.25) is 4.90 Å². The van der Waals surface area contributed by atoms with E-state index in [0.29, 0.717) is 50.3 Å². The lowest BCUT2D eigenvalue weighted by Crippen LogP contribution is -2.46. The number of thiophene rings is 1. The van der Waals surface area contributed by atoms with Crippen LogP contribution < -0.4 is 4.90 Å². The summed E-state index contributed by atoms with van der Waals surface area (Å²) < 4.78 is 44.0. The van der Waals surface area contributed by atoms with E-state index in [1.807, 2.05) is 22.4 Å². The molecule has 0 unspecified atom stereocenters. The van der Waals surface area contributed by atoms with E-state index in [9.17, 15) is 13.2 Å². The molecule has 0 bridgehead atoms. The van der Waals surface area contributed by atoms with E-state index in [2.05, 4.69) is 20.1 Å². The number of piperazine rings is 1. The van der Waals surface area contributed by atoms with Crippen LogP contribution in [-0.4, -0.2) is 46.3 Å². The molecular weight excluding hydrogens is 415 g/mol. The van der Waals surface area contributed by atoms with Crippen molar-refractivity contribution in [3.8, 4) is 10.8 Å². The van der Waals surface area contributed by atoms with Crippen LogP contribution in [0.4, 0.5) is 19.0 Å². The fourth-order valence-electron chi connectivity index (χ4n) is 2.94. The van der Waals surface area contributed by atoms with Gasteiger partial charge in [0.05, 0.1) is 22.0 Å². The first-order valence-electron chi connectivity index (χ1n) is 8.46. The minimum atomic E-state index is -4.46. The van der Waals surface area contributed by atoms with Gasteiger partial charge in [-0.25, -0.2) is 4.98 Å². The largest absolute Gasteiger partial charge is 0.419 e. The monoisotopic (exact) mass is 429 g/mol. The molecule has 0 spiro atoms. The molecule has 4 rings (SSSR count). The summed E-state index contributed by atoms with van der Waals surface area (Å²) in [6, 6.07) is 4.76. The van der Waals surface area contributed by atoms with Gasteiger partial charge in [-0.05, 0) is 17.5 Å². The first-order valence-corrected chi connectivity index (χ1v) is 9.72. The second-order valence-corrected chi connectivity index (χ2v) is 7.62. The van der Waals surface area contributed by atoms with Crippen LogP contribution in [0, 0.1) is 0 Å². The van der Waals surface area contributed by atoms with E-state index in [4.69, 9.17) is 16.0 Å². The Balaban J connectivity index is 1.36. The van der Waals surface area contributed by atoms with E-state index < -0.39 is 11.7 Å². The number of nitrogens with zero attached hydrogens (tertiary/aromatic N) is 5. The summed E-state index contributed by atoms with van der Waals surface area (Å²) in [4.78, 5) is 8.87. The number of aromatic nitrogens is 3. The van der Waals surface area contributed by atoms with E-state index >= 15 is 0 Å². The van der Waals surface area contributed by atoms with Gasteiger partial charge in [0.2, 0.25) is 5.89 Å². The zero-order chi connectivity index (χ0) is 19.7. The first-order chi connectivity index (χ1) is 13.4. The van der Waals surface area contributed by atoms with Gasteiger partial charge < -0.3 is 9.32 Å². The van der Waals surface area contributed by atoms with Crippen LogP contribution in [0.25, 0.3) is 10.8 Å². The SMILES string of the molecule is FC(F)(F)c1cnc(N2CCN(Cc3nnc(-c4cccs4)o3)CC2)c(Cl)c1. The number of hydrogen-bond acceptors (Lipinski definition) is 7. The predicted molar refractivity (Wildman–Crippen MR) is 99.3 cm³/mol. The molecule has 28 heavy (non-hydrogen) atoms. The summed E-state index contributed by atoms with van der Waals surface area (Å²) in [6.45, 7) is 3.04. The lowest BCUT2D eigenvalue weighted by molar-refractivity contribution is -0.137. The molecule has 0 radical (unpaired) electrons. The van der Waals surface area contributed by atoms with Crippen molar-refractivity contribution in [2.75, 3.05) is 31.1 Å². The summed E-state index contributed by atoms with van der Waals surface area (Å²) >= 11 is 7.57. The summed E-state index contributed by atoms with van der Waals surface area (Å²) in [5.41, 5.74) is -0.849. The third-order valence-electron chi connectivity index (χ3n) is 4.38. The molecule has 148 valence electrons. The van der Waals surface area contributed by atoms with E-state index in [0.717, 1.165) is 17.1 Å². The topological polar surface area (TPSA) is 58.3 Å². The number of pyridine rings is 1. The summed E-state index contributed by atoms with van der Waals surface area (Å²) in [7, 11) is 0. The molecule has 3 aromatic heterocycles. The van der Waals surface area contributed by atoms with Gasteiger partial charge in [-0.2, -0.15) is 13.2 Å². The molecule has 0 amide bonds. The Morgan fingerprint density at radius 3 is 2.61 bits per heavy atom. The van der Waals surface area contributed by atoms with E-state index in [1.54, 1.807) is 0 Å². The number of hydrogen-bond donors (Lipinski definition) is 0. The van der Waals surface area contributed by atoms with Crippen molar-refractivity contribution in [1.82, 2.24) is 20.1 Å². The Hall–Kier alpha value is -2.17. The van der Waals surface area contributed by atoms with Gasteiger partial charge in [0, 0.05) is 32.4 Å². The van der Waals surface area contributed by atoms with Gasteiger partial charge in [-0.1, -0.05) is 17.7 Å². The van der Waals surface area contributed by atoms with Crippen LogP contribution >= 0.6 is 22.9 Å². The minimum Gasteiger partial charge on any atom is -0.419 e. The number of alkyl halides is 3. The fourth-order valence-corrected chi connectivity index (χ4v) is 3.87. The van der Waals surface area contributed by atoms with Gasteiger partial charge in [0.15, 0.2) is 0 Å². The molecule has 0 saturated carbocycles. The fraction of sp³-hybridized carbons (Fsp3) is 0.353. The van der Waals surface area contributed by atoms with Crippen molar-refractivity contribution in [3.63, 3.8) is 0 Å². The third-order valence-corrected chi connectivity index (χ3v) is 5.51. The predicted octanol–water partition coefficient (Wildman–Crippen LogP) is 4.19. The standard InChI is InChI=1S/C17H15ClF3N5OS/c18-12-8-11(17(19,20)21)9-22-15(12)26-5-3-25(4-6-26)10-14-23-24-16(27-14)13-2-1-7-28-13/h1-2,7-9H,3-6,10H2. The normalized spacial score (nSPS) is 15.9. The smallest absolute Gasteiger partial charge is 0.417 e. The highest BCUT2D eigenvalue weighted by molar-refractivity contribution is 7.13. The average Bonchev–Trinajstić information content (AvgIpc) is 3.33. The maximum atomic E-state index is 12.8.